The van der Waals surface area contributed by atoms with Gasteiger partial charge in [0.2, 0.25) is 5.70 Å². The number of carbonyl (C=O) groups is 1. The van der Waals surface area contributed by atoms with Gasteiger partial charge in [-0.3, -0.25) is 4.79 Å². The van der Waals surface area contributed by atoms with E-state index in [0.717, 1.165) is 0 Å². The first kappa shape index (κ1) is 12.7. The third-order valence-electron chi connectivity index (χ3n) is 2.00. The summed E-state index contributed by atoms with van der Waals surface area (Å²) in [7, 11) is 1.53. The molecule has 90 valence electrons. The fraction of sp³-hybridized carbons (Fsp3) is 0.182. The van der Waals surface area contributed by atoms with Crippen molar-refractivity contribution in [1.29, 1.82) is 0 Å². The molecule has 0 saturated carbocycles. The normalized spacial score (nSPS) is 11.4. The Morgan fingerprint density at radius 3 is 2.35 bits per heavy atom. The summed E-state index contributed by atoms with van der Waals surface area (Å²) in [6.45, 7) is 1.21. The molecule has 1 amide bonds. The van der Waals surface area contributed by atoms with E-state index in [2.05, 4.69) is 10.5 Å². The lowest BCUT2D eigenvalue weighted by atomic mass is 10.3. The number of nitrogens with one attached hydrogen (secondary N) is 1. The summed E-state index contributed by atoms with van der Waals surface area (Å²) in [5.41, 5.74) is -0.0704. The van der Waals surface area contributed by atoms with Crippen LogP contribution in [0.15, 0.2) is 40.9 Å². The lowest BCUT2D eigenvalue weighted by Gasteiger charge is -2.05. The molecular weight excluding hydrogens is 224 g/mol. The quantitative estimate of drug-likeness (QED) is 0.476. The van der Waals surface area contributed by atoms with E-state index in [0.29, 0.717) is 11.4 Å². The lowest BCUT2D eigenvalue weighted by molar-refractivity contribution is -0.113. The van der Waals surface area contributed by atoms with Crippen LogP contribution in [0.25, 0.3) is 0 Å². The zero-order valence-corrected chi connectivity index (χ0v) is 9.43. The predicted octanol–water partition coefficient (Wildman–Crippen LogP) is 2.19. The van der Waals surface area contributed by atoms with Crippen molar-refractivity contribution in [2.45, 2.75) is 6.92 Å². The van der Waals surface area contributed by atoms with Crippen LogP contribution in [0, 0.1) is 4.91 Å². The van der Waals surface area contributed by atoms with Gasteiger partial charge in [-0.2, -0.15) is 0 Å². The average molecular weight is 236 g/mol. The second-order valence-corrected chi connectivity index (χ2v) is 3.21. The van der Waals surface area contributed by atoms with Crippen LogP contribution >= 0.6 is 0 Å². The van der Waals surface area contributed by atoms with E-state index in [-0.39, 0.29) is 0 Å². The van der Waals surface area contributed by atoms with Gasteiger partial charge >= 0.3 is 0 Å². The number of allylic oxidation sites excluding steroid dienone is 1. The fourth-order valence-corrected chi connectivity index (χ4v) is 1.14. The zero-order valence-electron chi connectivity index (χ0n) is 9.43. The highest BCUT2D eigenvalue weighted by atomic mass is 16.5. The van der Waals surface area contributed by atoms with Gasteiger partial charge in [0.1, 0.15) is 11.5 Å². The number of methoxy groups -OCH3 is 1. The minimum Gasteiger partial charge on any atom is -0.510 e. The molecule has 1 rings (SSSR count). The number of hydrogen-bond acceptors (Lipinski definition) is 5. The largest absolute Gasteiger partial charge is 0.510 e. The summed E-state index contributed by atoms with van der Waals surface area (Å²) in [6.07, 6.45) is 0. The van der Waals surface area contributed by atoms with Crippen molar-refractivity contribution in [1.82, 2.24) is 0 Å². The van der Waals surface area contributed by atoms with Crippen molar-refractivity contribution in [2.24, 2.45) is 5.18 Å². The summed E-state index contributed by atoms with van der Waals surface area (Å²) in [5, 5.41) is 13.9. The molecule has 0 heterocycles. The van der Waals surface area contributed by atoms with Gasteiger partial charge in [-0.1, -0.05) is 0 Å². The standard InChI is InChI=1S/C11H12N2O4/c1-7(14)10(13-16)11(15)12-8-3-5-9(17-2)6-4-8/h3-6,14H,1-2H3,(H,12,15)/b10-7+. The van der Waals surface area contributed by atoms with Crippen molar-refractivity contribution in [2.75, 3.05) is 12.4 Å². The second-order valence-electron chi connectivity index (χ2n) is 3.21. The molecule has 0 unspecified atom stereocenters. The number of hydrogen-bond donors (Lipinski definition) is 2. The van der Waals surface area contributed by atoms with Crippen LogP contribution in [0.3, 0.4) is 0 Å². The second kappa shape index (κ2) is 5.64. The van der Waals surface area contributed by atoms with E-state index in [1.54, 1.807) is 24.3 Å². The topological polar surface area (TPSA) is 88.0 Å². The molecular formula is C11H12N2O4. The predicted molar refractivity (Wildman–Crippen MR) is 62.7 cm³/mol. The molecule has 0 aliphatic carbocycles. The fourth-order valence-electron chi connectivity index (χ4n) is 1.14. The number of aliphatic hydroxyl groups is 1. The van der Waals surface area contributed by atoms with Gasteiger partial charge in [-0.15, -0.1) is 4.91 Å². The maximum Gasteiger partial charge on any atom is 0.281 e. The molecule has 0 aliphatic heterocycles. The van der Waals surface area contributed by atoms with Crippen LogP contribution in [0.5, 0.6) is 5.75 Å². The number of ether oxygens (including phenoxy) is 1. The molecule has 0 spiro atoms. The Balaban J connectivity index is 2.81. The molecule has 6 heteroatoms. The molecule has 0 aromatic heterocycles. The molecule has 1 aromatic carbocycles. The van der Waals surface area contributed by atoms with E-state index in [4.69, 9.17) is 9.84 Å². The van der Waals surface area contributed by atoms with Crippen molar-refractivity contribution < 1.29 is 14.6 Å². The number of anilines is 1. The Kier molecular flexibility index (Phi) is 4.21. The van der Waals surface area contributed by atoms with E-state index in [9.17, 15) is 9.70 Å². The van der Waals surface area contributed by atoms with E-state index < -0.39 is 17.4 Å². The number of carbonyl (C=O) groups excluding carboxylic acids is 1. The number of rotatable bonds is 4. The maximum absolute atomic E-state index is 11.5. The lowest BCUT2D eigenvalue weighted by Crippen LogP contribution is -2.14. The molecule has 6 nitrogen and oxygen atoms in total. The molecule has 17 heavy (non-hydrogen) atoms. The Hall–Kier alpha value is -2.37. The van der Waals surface area contributed by atoms with E-state index in [1.165, 1.54) is 14.0 Å². The van der Waals surface area contributed by atoms with Gasteiger partial charge in [0.25, 0.3) is 5.91 Å². The van der Waals surface area contributed by atoms with Gasteiger partial charge in [-0.05, 0) is 36.4 Å². The number of aliphatic hydroxyl groups excluding tert-OH is 1. The van der Waals surface area contributed by atoms with Gasteiger partial charge in [0, 0.05) is 5.69 Å². The van der Waals surface area contributed by atoms with Crippen molar-refractivity contribution >= 4 is 11.6 Å². The van der Waals surface area contributed by atoms with Crippen molar-refractivity contribution in [3.63, 3.8) is 0 Å². The molecule has 0 atom stereocenters. The Bertz CT molecular complexity index is 447. The third-order valence-corrected chi connectivity index (χ3v) is 2.00. The Morgan fingerprint density at radius 2 is 1.94 bits per heavy atom. The van der Waals surface area contributed by atoms with Crippen LogP contribution in [-0.2, 0) is 4.79 Å². The minimum atomic E-state index is -0.759. The molecule has 0 aliphatic rings. The summed E-state index contributed by atoms with van der Waals surface area (Å²) >= 11 is 0. The van der Waals surface area contributed by atoms with Gasteiger partial charge in [-0.25, -0.2) is 0 Å². The number of nitroso groups, excluding NO2 is 1. The van der Waals surface area contributed by atoms with Crippen molar-refractivity contribution in [3.05, 3.63) is 40.6 Å². The number of nitrogens with zero attached hydrogens (tertiary/aromatic N) is 1. The summed E-state index contributed by atoms with van der Waals surface area (Å²) in [6, 6.07) is 6.51. The van der Waals surface area contributed by atoms with Gasteiger partial charge in [0.15, 0.2) is 0 Å². The number of amides is 1. The van der Waals surface area contributed by atoms with Gasteiger partial charge in [0.05, 0.1) is 7.11 Å². The van der Waals surface area contributed by atoms with E-state index >= 15 is 0 Å². The average Bonchev–Trinajstić information content (AvgIpc) is 2.30. The summed E-state index contributed by atoms with van der Waals surface area (Å²) < 4.78 is 4.95. The highest BCUT2D eigenvalue weighted by molar-refractivity contribution is 6.03. The highest BCUT2D eigenvalue weighted by Crippen LogP contribution is 2.16. The van der Waals surface area contributed by atoms with E-state index in [1.807, 2.05) is 0 Å². The number of benzene rings is 1. The first-order valence-corrected chi connectivity index (χ1v) is 4.77. The highest BCUT2D eigenvalue weighted by Gasteiger charge is 2.13. The van der Waals surface area contributed by atoms with Crippen molar-refractivity contribution in [3.8, 4) is 5.75 Å². The van der Waals surface area contributed by atoms with Crippen LogP contribution in [0.4, 0.5) is 5.69 Å². The summed E-state index contributed by atoms with van der Waals surface area (Å²) in [4.78, 5) is 21.8. The summed E-state index contributed by atoms with van der Waals surface area (Å²) in [5.74, 6) is -0.540. The maximum atomic E-state index is 11.5. The van der Waals surface area contributed by atoms with Crippen LogP contribution < -0.4 is 10.1 Å². The molecule has 1 aromatic rings. The first-order valence-electron chi connectivity index (χ1n) is 4.77. The Morgan fingerprint density at radius 1 is 1.35 bits per heavy atom. The van der Waals surface area contributed by atoms with Crippen LogP contribution in [0.2, 0.25) is 0 Å². The molecule has 0 radical (unpaired) electrons. The first-order chi connectivity index (χ1) is 8.08. The smallest absolute Gasteiger partial charge is 0.281 e. The minimum absolute atomic E-state index is 0.425. The van der Waals surface area contributed by atoms with Crippen LogP contribution in [-0.4, -0.2) is 18.1 Å². The molecule has 2 N–H and O–H groups in total. The SMILES string of the molecule is COc1ccc(NC(=O)/C(N=O)=C(/C)O)cc1. The zero-order chi connectivity index (χ0) is 12.8. The third kappa shape index (κ3) is 3.30. The molecule has 0 saturated heterocycles. The monoisotopic (exact) mass is 236 g/mol. The van der Waals surface area contributed by atoms with Crippen LogP contribution in [0.1, 0.15) is 6.92 Å². The van der Waals surface area contributed by atoms with Gasteiger partial charge < -0.3 is 15.2 Å². The molecule has 0 bridgehead atoms. The molecule has 0 fully saturated rings. The Labute approximate surface area is 97.9 Å².